The van der Waals surface area contributed by atoms with E-state index in [1.54, 1.807) is 0 Å². The van der Waals surface area contributed by atoms with Crippen LogP contribution in [0.1, 0.15) is 38.2 Å². The molecule has 0 aliphatic heterocycles. The normalized spacial score (nSPS) is 14.4. The van der Waals surface area contributed by atoms with Crippen LogP contribution in [0.3, 0.4) is 0 Å². The highest BCUT2D eigenvalue weighted by Gasteiger charge is 2.15. The summed E-state index contributed by atoms with van der Waals surface area (Å²) in [6, 6.07) is 10.6. The molecule has 16 heavy (non-hydrogen) atoms. The van der Waals surface area contributed by atoms with Gasteiger partial charge in [-0.1, -0.05) is 42.8 Å². The van der Waals surface area contributed by atoms with Crippen LogP contribution in [0.5, 0.6) is 0 Å². The van der Waals surface area contributed by atoms with Crippen molar-refractivity contribution in [1.29, 1.82) is 0 Å². The molecule has 1 aromatic rings. The Balaban J connectivity index is 2.19. The molecule has 0 spiro atoms. The summed E-state index contributed by atoms with van der Waals surface area (Å²) in [7, 11) is 0. The summed E-state index contributed by atoms with van der Waals surface area (Å²) in [6.45, 7) is 5.85. The van der Waals surface area contributed by atoms with Crippen molar-refractivity contribution in [3.05, 3.63) is 48.6 Å². The molecule has 1 unspecified atom stereocenters. The third kappa shape index (κ3) is 5.13. The van der Waals surface area contributed by atoms with Crippen molar-refractivity contribution in [3.8, 4) is 0 Å². The van der Waals surface area contributed by atoms with Crippen molar-refractivity contribution < 1.29 is 0 Å². The highest BCUT2D eigenvalue weighted by Crippen LogP contribution is 2.16. The molecular weight excluding hydrogens is 194 g/mol. The van der Waals surface area contributed by atoms with E-state index in [2.05, 4.69) is 43.8 Å². The first-order chi connectivity index (χ1) is 7.64. The Morgan fingerprint density at radius 3 is 2.56 bits per heavy atom. The Kier molecular flexibility index (Phi) is 5.27. The zero-order valence-corrected chi connectivity index (χ0v) is 10.3. The molecule has 0 aliphatic carbocycles. The van der Waals surface area contributed by atoms with Gasteiger partial charge in [-0.3, -0.25) is 0 Å². The number of rotatable bonds is 7. The highest BCUT2D eigenvalue weighted by atomic mass is 14.7. The van der Waals surface area contributed by atoms with Gasteiger partial charge in [0, 0.05) is 5.54 Å². The van der Waals surface area contributed by atoms with Gasteiger partial charge in [0.2, 0.25) is 0 Å². The molecule has 0 radical (unpaired) electrons. The zero-order valence-electron chi connectivity index (χ0n) is 10.3. The van der Waals surface area contributed by atoms with Gasteiger partial charge >= 0.3 is 0 Å². The molecule has 1 heteroatoms. The second-order valence-corrected chi connectivity index (χ2v) is 4.84. The summed E-state index contributed by atoms with van der Waals surface area (Å²) >= 11 is 0. The van der Waals surface area contributed by atoms with E-state index in [1.807, 2.05) is 6.08 Å². The summed E-state index contributed by atoms with van der Waals surface area (Å²) in [6.07, 6.45) is 7.45. The van der Waals surface area contributed by atoms with Crippen LogP contribution in [-0.2, 0) is 6.42 Å². The molecule has 2 N–H and O–H groups in total. The summed E-state index contributed by atoms with van der Waals surface area (Å²) < 4.78 is 0. The monoisotopic (exact) mass is 217 g/mol. The molecule has 0 aliphatic rings. The summed E-state index contributed by atoms with van der Waals surface area (Å²) in [5.41, 5.74) is 7.49. The molecule has 88 valence electrons. The average molecular weight is 217 g/mol. The van der Waals surface area contributed by atoms with E-state index in [-0.39, 0.29) is 5.54 Å². The summed E-state index contributed by atoms with van der Waals surface area (Å²) in [5, 5.41) is 0. The van der Waals surface area contributed by atoms with Gasteiger partial charge in [-0.05, 0) is 38.2 Å². The van der Waals surface area contributed by atoms with Crippen LogP contribution >= 0.6 is 0 Å². The van der Waals surface area contributed by atoms with Crippen LogP contribution in [-0.4, -0.2) is 5.54 Å². The number of unbranched alkanes of at least 4 members (excludes halogenated alkanes) is 1. The van der Waals surface area contributed by atoms with Crippen LogP contribution in [0.4, 0.5) is 0 Å². The maximum atomic E-state index is 6.14. The van der Waals surface area contributed by atoms with Crippen LogP contribution in [0.2, 0.25) is 0 Å². The minimum atomic E-state index is -0.0710. The number of hydrogen-bond donors (Lipinski definition) is 1. The van der Waals surface area contributed by atoms with Gasteiger partial charge in [-0.2, -0.15) is 0 Å². The summed E-state index contributed by atoms with van der Waals surface area (Å²) in [5.74, 6) is 0. The number of hydrogen-bond acceptors (Lipinski definition) is 1. The molecular formula is C15H23N. The van der Waals surface area contributed by atoms with Crippen LogP contribution in [0, 0.1) is 0 Å². The predicted molar refractivity (Wildman–Crippen MR) is 71.4 cm³/mol. The van der Waals surface area contributed by atoms with Crippen molar-refractivity contribution in [1.82, 2.24) is 0 Å². The van der Waals surface area contributed by atoms with Gasteiger partial charge in [-0.25, -0.2) is 0 Å². The topological polar surface area (TPSA) is 26.0 Å². The van der Waals surface area contributed by atoms with E-state index in [4.69, 9.17) is 5.73 Å². The second-order valence-electron chi connectivity index (χ2n) is 4.84. The van der Waals surface area contributed by atoms with Crippen LogP contribution in [0.25, 0.3) is 0 Å². The van der Waals surface area contributed by atoms with Crippen molar-refractivity contribution in [2.24, 2.45) is 5.73 Å². The van der Waals surface area contributed by atoms with E-state index >= 15 is 0 Å². The van der Waals surface area contributed by atoms with E-state index in [1.165, 1.54) is 18.4 Å². The fraction of sp³-hybridized carbons (Fsp3) is 0.467. The molecule has 0 saturated carbocycles. The van der Waals surface area contributed by atoms with Crippen LogP contribution < -0.4 is 5.73 Å². The van der Waals surface area contributed by atoms with E-state index in [0.717, 1.165) is 19.3 Å². The van der Waals surface area contributed by atoms with E-state index in [9.17, 15) is 0 Å². The highest BCUT2D eigenvalue weighted by molar-refractivity contribution is 5.14. The van der Waals surface area contributed by atoms with E-state index < -0.39 is 0 Å². The third-order valence-corrected chi connectivity index (χ3v) is 2.92. The molecule has 0 aromatic heterocycles. The molecule has 1 nitrogen and oxygen atoms in total. The smallest absolute Gasteiger partial charge is 0.0160 e. The first kappa shape index (κ1) is 13.0. The Labute approximate surface area is 99.4 Å². The molecule has 1 atom stereocenters. The molecule has 0 amide bonds. The zero-order chi connectivity index (χ0) is 11.9. The number of aryl methyl sites for hydroxylation is 1. The molecule has 0 bridgehead atoms. The van der Waals surface area contributed by atoms with Crippen molar-refractivity contribution in [2.45, 2.75) is 44.6 Å². The first-order valence-corrected chi connectivity index (χ1v) is 6.08. The molecule has 0 saturated heterocycles. The fourth-order valence-corrected chi connectivity index (χ4v) is 1.93. The second kappa shape index (κ2) is 6.49. The Morgan fingerprint density at radius 1 is 1.25 bits per heavy atom. The quantitative estimate of drug-likeness (QED) is 0.547. The average Bonchev–Trinajstić information content (AvgIpc) is 2.26. The lowest BCUT2D eigenvalue weighted by Crippen LogP contribution is -2.35. The maximum absolute atomic E-state index is 6.14. The SMILES string of the molecule is C=CCC(C)(N)CCCCc1ccccc1. The van der Waals surface area contributed by atoms with Gasteiger partial charge in [0.15, 0.2) is 0 Å². The lowest BCUT2D eigenvalue weighted by Gasteiger charge is -2.22. The lowest BCUT2D eigenvalue weighted by molar-refractivity contribution is 0.417. The van der Waals surface area contributed by atoms with Crippen molar-refractivity contribution >= 4 is 0 Å². The third-order valence-electron chi connectivity index (χ3n) is 2.92. The van der Waals surface area contributed by atoms with Crippen molar-refractivity contribution in [2.75, 3.05) is 0 Å². The minimum Gasteiger partial charge on any atom is -0.325 e. The van der Waals surface area contributed by atoms with Crippen molar-refractivity contribution in [3.63, 3.8) is 0 Å². The van der Waals surface area contributed by atoms with E-state index in [0.29, 0.717) is 0 Å². The predicted octanol–water partition coefficient (Wildman–Crippen LogP) is 3.69. The number of benzene rings is 1. The molecule has 1 aromatic carbocycles. The van der Waals surface area contributed by atoms with Crippen LogP contribution in [0.15, 0.2) is 43.0 Å². The van der Waals surface area contributed by atoms with Gasteiger partial charge in [0.05, 0.1) is 0 Å². The minimum absolute atomic E-state index is 0.0710. The van der Waals surface area contributed by atoms with Gasteiger partial charge in [0.25, 0.3) is 0 Å². The van der Waals surface area contributed by atoms with Gasteiger partial charge in [0.1, 0.15) is 0 Å². The number of nitrogens with two attached hydrogens (primary N) is 1. The Morgan fingerprint density at radius 2 is 1.94 bits per heavy atom. The molecule has 0 heterocycles. The first-order valence-electron chi connectivity index (χ1n) is 6.08. The van der Waals surface area contributed by atoms with Gasteiger partial charge < -0.3 is 5.73 Å². The molecule has 1 rings (SSSR count). The lowest BCUT2D eigenvalue weighted by atomic mass is 9.91. The standard InChI is InChI=1S/C15H23N/c1-3-12-15(2,16)13-8-7-11-14-9-5-4-6-10-14/h3-6,9-10H,1,7-8,11-13,16H2,2H3. The largest absolute Gasteiger partial charge is 0.325 e. The maximum Gasteiger partial charge on any atom is 0.0160 e. The Bertz CT molecular complexity index is 300. The molecule has 0 fully saturated rings. The Hall–Kier alpha value is -1.08. The van der Waals surface area contributed by atoms with Gasteiger partial charge in [-0.15, -0.1) is 6.58 Å². The fourth-order valence-electron chi connectivity index (χ4n) is 1.93. The summed E-state index contributed by atoms with van der Waals surface area (Å²) in [4.78, 5) is 0.